The third kappa shape index (κ3) is 12.8. The molecule has 0 unspecified atom stereocenters. The van der Waals surface area contributed by atoms with Gasteiger partial charge in [-0.1, -0.05) is 62.8 Å². The molecule has 1 amide bonds. The average molecular weight is 1070 g/mol. The van der Waals surface area contributed by atoms with Gasteiger partial charge in [0.05, 0.1) is 27.2 Å². The van der Waals surface area contributed by atoms with Gasteiger partial charge in [-0.2, -0.15) is 4.98 Å². The summed E-state index contributed by atoms with van der Waals surface area (Å²) in [5.74, 6) is -0.226. The van der Waals surface area contributed by atoms with Crippen LogP contribution in [0.5, 0.6) is 5.88 Å². The van der Waals surface area contributed by atoms with E-state index in [1.54, 1.807) is 6.07 Å². The van der Waals surface area contributed by atoms with Crippen LogP contribution in [0, 0.1) is 21.4 Å². The molecule has 0 saturated carbocycles. The molecule has 396 valence electrons. The predicted octanol–water partition coefficient (Wildman–Crippen LogP) is 11.0. The lowest BCUT2D eigenvalue weighted by molar-refractivity contribution is -0.384. The molecule has 9 rings (SSSR count). The van der Waals surface area contributed by atoms with Gasteiger partial charge in [-0.25, -0.2) is 13.1 Å². The lowest BCUT2D eigenvalue weighted by atomic mass is 9.72. The van der Waals surface area contributed by atoms with Crippen molar-refractivity contribution in [3.05, 3.63) is 111 Å². The van der Waals surface area contributed by atoms with Crippen LogP contribution in [0.3, 0.4) is 0 Å². The minimum absolute atomic E-state index is 0.107. The van der Waals surface area contributed by atoms with Crippen LogP contribution in [0.4, 0.5) is 28.4 Å². The summed E-state index contributed by atoms with van der Waals surface area (Å²) in [7, 11) is -5.89. The number of allylic oxidation sites excluding steroid dienone is 1. The van der Waals surface area contributed by atoms with Crippen molar-refractivity contribution in [3.63, 3.8) is 0 Å². The number of carbonyl (C=O) groups is 1. The van der Waals surface area contributed by atoms with Crippen molar-refractivity contribution >= 4 is 80.6 Å². The maximum absolute atomic E-state index is 14.7. The van der Waals surface area contributed by atoms with Gasteiger partial charge in [-0.3, -0.25) is 19.8 Å². The van der Waals surface area contributed by atoms with Crippen molar-refractivity contribution in [1.82, 2.24) is 19.2 Å². The molecular weight excluding hydrogens is 996 g/mol. The van der Waals surface area contributed by atoms with Gasteiger partial charge in [0.2, 0.25) is 5.88 Å². The minimum Gasteiger partial charge on any atom is -0.473 e. The number of piperazine rings is 1. The summed E-state index contributed by atoms with van der Waals surface area (Å²) in [4.78, 5) is 37.9. The average Bonchev–Trinajstić information content (AvgIpc) is 3.68. The summed E-state index contributed by atoms with van der Waals surface area (Å²) in [5, 5.41) is 17.1. The van der Waals surface area contributed by atoms with E-state index in [0.29, 0.717) is 69.0 Å². The van der Waals surface area contributed by atoms with Crippen LogP contribution < -0.4 is 24.6 Å². The zero-order chi connectivity index (χ0) is 52.4. The van der Waals surface area contributed by atoms with Gasteiger partial charge in [0.25, 0.3) is 21.6 Å². The summed E-state index contributed by atoms with van der Waals surface area (Å²) in [6, 6.07) is 22.5. The van der Waals surface area contributed by atoms with E-state index in [0.717, 1.165) is 93.0 Å². The first-order chi connectivity index (χ1) is 35.3. The molecule has 3 aliphatic heterocycles. The Labute approximate surface area is 441 Å². The Morgan fingerprint density at radius 1 is 0.959 bits per heavy atom. The maximum Gasteiger partial charge on any atom is 0.293 e. The summed E-state index contributed by atoms with van der Waals surface area (Å²) in [6.45, 7) is 20.8. The molecule has 16 nitrogen and oxygen atoms in total. The number of fused-ring (bicyclic) bond motifs is 2. The van der Waals surface area contributed by atoms with Crippen LogP contribution in [0.1, 0.15) is 75.2 Å². The SMILES string of the molecule is C[C@H]1CCN(c2cc(N3CCN(CC4=C(c5ccc(Cl)cc5)CC(C)(C)CC4)CC3)ccc2C(=O)NS(=O)(=O)c2ccc(NCC3CCOCC3)c([N+](=O)[O-])c2)c2cc3ccn(COCC[Si](C)(C)C)c3nc2O1. The van der Waals surface area contributed by atoms with Crippen molar-refractivity contribution in [2.24, 2.45) is 11.3 Å². The molecule has 5 aromatic rings. The zero-order valence-corrected chi connectivity index (χ0v) is 46.2. The predicted molar refractivity (Wildman–Crippen MR) is 296 cm³/mol. The van der Waals surface area contributed by atoms with Crippen molar-refractivity contribution in [2.45, 2.75) is 103 Å². The van der Waals surface area contributed by atoms with Crippen LogP contribution in [0.15, 0.2) is 89.5 Å². The second-order valence-corrected chi connectivity index (χ2v) is 30.2. The lowest BCUT2D eigenvalue weighted by Crippen LogP contribution is -2.47. The van der Waals surface area contributed by atoms with Gasteiger partial charge < -0.3 is 33.9 Å². The number of anilines is 4. The highest BCUT2D eigenvalue weighted by Crippen LogP contribution is 2.45. The fourth-order valence-corrected chi connectivity index (χ4v) is 12.3. The third-order valence-electron chi connectivity index (χ3n) is 14.9. The summed E-state index contributed by atoms with van der Waals surface area (Å²) < 4.78 is 50.7. The maximum atomic E-state index is 14.7. The molecule has 0 bridgehead atoms. The zero-order valence-electron chi connectivity index (χ0n) is 43.6. The van der Waals surface area contributed by atoms with Gasteiger partial charge in [0, 0.05) is 108 Å². The van der Waals surface area contributed by atoms with E-state index in [2.05, 4.69) is 65.5 Å². The van der Waals surface area contributed by atoms with Gasteiger partial charge >= 0.3 is 0 Å². The van der Waals surface area contributed by atoms with E-state index < -0.39 is 39.5 Å². The molecular formula is C55H71ClN8O8SSi. The van der Waals surface area contributed by atoms with E-state index in [1.807, 2.05) is 59.0 Å². The van der Waals surface area contributed by atoms with Crippen molar-refractivity contribution < 1.29 is 32.3 Å². The quantitative estimate of drug-likeness (QED) is 0.0390. The molecule has 4 aliphatic rings. The largest absolute Gasteiger partial charge is 0.473 e. The second kappa shape index (κ2) is 22.4. The fraction of sp³-hybridized carbons (Fsp3) is 0.491. The molecule has 19 heteroatoms. The number of hydrogen-bond donors (Lipinski definition) is 2. The smallest absolute Gasteiger partial charge is 0.293 e. The number of sulfonamides is 1. The highest BCUT2D eigenvalue weighted by molar-refractivity contribution is 7.90. The topological polar surface area (TPSA) is 174 Å². The van der Waals surface area contributed by atoms with E-state index >= 15 is 0 Å². The highest BCUT2D eigenvalue weighted by Gasteiger charge is 2.33. The number of amides is 1. The van der Waals surface area contributed by atoms with Crippen molar-refractivity contribution in [1.29, 1.82) is 0 Å². The molecule has 2 aromatic heterocycles. The first-order valence-corrected chi connectivity index (χ1v) is 31.6. The van der Waals surface area contributed by atoms with Crippen LogP contribution >= 0.6 is 11.6 Å². The van der Waals surface area contributed by atoms with E-state index in [9.17, 15) is 23.3 Å². The second-order valence-electron chi connectivity index (χ2n) is 22.4. The number of ether oxygens (including phenoxy) is 3. The number of hydrogen-bond acceptors (Lipinski definition) is 13. The summed E-state index contributed by atoms with van der Waals surface area (Å²) >= 11 is 6.31. The lowest BCUT2D eigenvalue weighted by Gasteiger charge is -2.39. The number of halogens is 1. The van der Waals surface area contributed by atoms with Gasteiger partial charge in [-0.15, -0.1) is 0 Å². The van der Waals surface area contributed by atoms with Gasteiger partial charge in [-0.05, 0) is 122 Å². The van der Waals surface area contributed by atoms with Crippen molar-refractivity contribution in [3.8, 4) is 5.88 Å². The van der Waals surface area contributed by atoms with Crippen molar-refractivity contribution in [2.75, 3.05) is 80.8 Å². The fourth-order valence-electron chi connectivity index (χ4n) is 10.4. The van der Waals surface area contributed by atoms with E-state index in [4.69, 9.17) is 30.8 Å². The molecule has 74 heavy (non-hydrogen) atoms. The minimum atomic E-state index is -4.61. The number of nitrogens with one attached hydrogen (secondary N) is 2. The Kier molecular flexibility index (Phi) is 16.1. The van der Waals surface area contributed by atoms with E-state index in [1.165, 1.54) is 28.8 Å². The molecule has 0 radical (unpaired) electrons. The number of carbonyl (C=O) groups excluding carboxylic acids is 1. The van der Waals surface area contributed by atoms with Crippen LogP contribution in [0.25, 0.3) is 16.6 Å². The highest BCUT2D eigenvalue weighted by atomic mass is 35.5. The molecule has 1 aliphatic carbocycles. The summed E-state index contributed by atoms with van der Waals surface area (Å²) in [5.41, 5.74) is 6.95. The molecule has 0 spiro atoms. The molecule has 2 fully saturated rings. The Morgan fingerprint density at radius 3 is 2.45 bits per heavy atom. The number of benzene rings is 3. The third-order valence-corrected chi connectivity index (χ3v) is 18.2. The first-order valence-electron chi connectivity index (χ1n) is 26.1. The Hall–Kier alpha value is -5.50. The summed E-state index contributed by atoms with van der Waals surface area (Å²) in [6.07, 6.45) is 7.12. The number of aromatic nitrogens is 2. The monoisotopic (exact) mass is 1070 g/mol. The number of nitro benzene ring substituents is 1. The Morgan fingerprint density at radius 2 is 1.72 bits per heavy atom. The van der Waals surface area contributed by atoms with Crippen LogP contribution in [-0.4, -0.2) is 114 Å². The van der Waals surface area contributed by atoms with Gasteiger partial charge in [0.1, 0.15) is 23.8 Å². The number of nitro groups is 1. The standard InChI is InChI=1S/C55H71ClN8O8SSi/c1-38-16-22-63(51-31-41-17-21-62(52(41)58-54(51)72-38)37-71-29-30-74(4,5)6)49-32-44(61-25-23-60(24-26-61)36-42-15-20-55(2,3)34-47(42)40-7-9-43(56)10-8-40)11-13-46(49)53(65)59-73(68,69)45-12-14-48(50(33-45)64(66)67)57-35-39-18-27-70-28-19-39/h7-14,17,21,31-33,38-39,57H,15-16,18-20,22-30,34-37H2,1-6H3,(H,59,65)/t38-/m0/s1. The molecule has 2 N–H and O–H groups in total. The first kappa shape index (κ1) is 53.3. The van der Waals surface area contributed by atoms with Crippen LogP contribution in [-0.2, 0) is 26.2 Å². The van der Waals surface area contributed by atoms with Gasteiger partial charge in [0.15, 0.2) is 0 Å². The number of nitrogens with zero attached hydrogens (tertiary/aromatic N) is 6. The van der Waals surface area contributed by atoms with E-state index in [-0.39, 0.29) is 28.7 Å². The number of pyridine rings is 1. The molecule has 1 atom stereocenters. The Bertz CT molecular complexity index is 3000. The molecule has 2 saturated heterocycles. The number of rotatable bonds is 17. The molecule has 3 aromatic carbocycles. The van der Waals surface area contributed by atoms with Crippen LogP contribution in [0.2, 0.25) is 30.7 Å². The Balaban J connectivity index is 1.01. The normalized spacial score (nSPS) is 19.0. The molecule has 5 heterocycles.